The lowest BCUT2D eigenvalue weighted by atomic mass is 10.1. The summed E-state index contributed by atoms with van der Waals surface area (Å²) in [7, 11) is 0.427. The Morgan fingerprint density at radius 2 is 1.51 bits per heavy atom. The molecule has 0 heterocycles. The molecular weight excluding hydrogens is 468 g/mol. The van der Waals surface area contributed by atoms with Crippen LogP contribution in [-0.4, -0.2) is 48.7 Å². The quantitative estimate of drug-likeness (QED) is 0.434. The van der Waals surface area contributed by atoms with Crippen LogP contribution in [0, 0.1) is 6.92 Å². The van der Waals surface area contributed by atoms with Crippen LogP contribution in [0.1, 0.15) is 11.1 Å². The average Bonchev–Trinajstić information content (AvgIpc) is 2.87. The topological polar surface area (TPSA) is 94.2 Å². The number of rotatable bonds is 11. The minimum absolute atomic E-state index is 0.0123. The van der Waals surface area contributed by atoms with Gasteiger partial charge in [-0.1, -0.05) is 29.8 Å². The molecule has 1 amide bonds. The van der Waals surface area contributed by atoms with E-state index in [4.69, 9.17) is 14.2 Å². The smallest absolute Gasteiger partial charge is 0.264 e. The number of hydrogen-bond acceptors (Lipinski definition) is 6. The van der Waals surface area contributed by atoms with Crippen LogP contribution in [-0.2, 0) is 21.2 Å². The Balaban J connectivity index is 1.80. The van der Waals surface area contributed by atoms with Crippen molar-refractivity contribution in [1.82, 2.24) is 5.32 Å². The van der Waals surface area contributed by atoms with Crippen molar-refractivity contribution in [2.45, 2.75) is 18.2 Å². The molecule has 0 bridgehead atoms. The van der Waals surface area contributed by atoms with E-state index in [0.29, 0.717) is 24.4 Å². The molecule has 0 aliphatic rings. The molecule has 0 aliphatic carbocycles. The highest BCUT2D eigenvalue weighted by atomic mass is 32.2. The Kier molecular flexibility index (Phi) is 8.59. The number of carbonyl (C=O) groups excluding carboxylic acids is 1. The third-order valence-corrected chi connectivity index (χ3v) is 7.22. The highest BCUT2D eigenvalue weighted by Crippen LogP contribution is 2.32. The minimum atomic E-state index is -4.08. The number of amides is 1. The van der Waals surface area contributed by atoms with Gasteiger partial charge in [0.25, 0.3) is 10.0 Å². The SMILES string of the molecule is COc1ccc(CCNC(=O)CN(c2ccc(C)cc2)S(=O)(=O)c2ccc(OC)c(OC)c2)cc1. The van der Waals surface area contributed by atoms with Crippen LogP contribution in [0.2, 0.25) is 0 Å². The molecule has 0 radical (unpaired) electrons. The van der Waals surface area contributed by atoms with Crippen LogP contribution in [0.25, 0.3) is 0 Å². The Labute approximate surface area is 206 Å². The zero-order chi connectivity index (χ0) is 25.4. The van der Waals surface area contributed by atoms with Crippen molar-refractivity contribution in [2.24, 2.45) is 0 Å². The number of anilines is 1. The zero-order valence-electron chi connectivity index (χ0n) is 20.3. The molecule has 3 aromatic carbocycles. The molecule has 1 N–H and O–H groups in total. The molecule has 35 heavy (non-hydrogen) atoms. The van der Waals surface area contributed by atoms with E-state index in [9.17, 15) is 13.2 Å². The van der Waals surface area contributed by atoms with E-state index in [1.807, 2.05) is 31.2 Å². The maximum atomic E-state index is 13.6. The zero-order valence-corrected chi connectivity index (χ0v) is 21.1. The van der Waals surface area contributed by atoms with E-state index in [1.54, 1.807) is 31.4 Å². The number of nitrogens with zero attached hydrogens (tertiary/aromatic N) is 1. The summed E-state index contributed by atoms with van der Waals surface area (Å²) in [5.74, 6) is 1.03. The molecule has 3 aromatic rings. The van der Waals surface area contributed by atoms with Gasteiger partial charge in [0.1, 0.15) is 12.3 Å². The fourth-order valence-corrected chi connectivity index (χ4v) is 4.89. The lowest BCUT2D eigenvalue weighted by molar-refractivity contribution is -0.119. The second-order valence-electron chi connectivity index (χ2n) is 7.81. The number of carbonyl (C=O) groups is 1. The third kappa shape index (κ3) is 6.45. The number of hydrogen-bond donors (Lipinski definition) is 1. The van der Waals surface area contributed by atoms with Gasteiger partial charge in [0.05, 0.1) is 31.9 Å². The summed E-state index contributed by atoms with van der Waals surface area (Å²) >= 11 is 0. The molecule has 8 nitrogen and oxygen atoms in total. The van der Waals surface area contributed by atoms with Crippen molar-refractivity contribution in [3.63, 3.8) is 0 Å². The van der Waals surface area contributed by atoms with E-state index in [0.717, 1.165) is 21.2 Å². The maximum Gasteiger partial charge on any atom is 0.264 e. The largest absolute Gasteiger partial charge is 0.497 e. The van der Waals surface area contributed by atoms with Gasteiger partial charge in [-0.2, -0.15) is 0 Å². The number of methoxy groups -OCH3 is 3. The van der Waals surface area contributed by atoms with E-state index in [2.05, 4.69) is 5.32 Å². The van der Waals surface area contributed by atoms with Gasteiger partial charge in [-0.05, 0) is 55.3 Å². The molecule has 0 aliphatic heterocycles. The van der Waals surface area contributed by atoms with Crippen molar-refractivity contribution in [2.75, 3.05) is 38.7 Å². The first-order chi connectivity index (χ1) is 16.8. The van der Waals surface area contributed by atoms with Crippen LogP contribution in [0.3, 0.4) is 0 Å². The van der Waals surface area contributed by atoms with Crippen molar-refractivity contribution < 1.29 is 27.4 Å². The Morgan fingerprint density at radius 3 is 2.11 bits per heavy atom. The van der Waals surface area contributed by atoms with Crippen molar-refractivity contribution in [3.8, 4) is 17.2 Å². The van der Waals surface area contributed by atoms with Crippen LogP contribution in [0.5, 0.6) is 17.2 Å². The molecule has 0 spiro atoms. The molecule has 0 atom stereocenters. The highest BCUT2D eigenvalue weighted by Gasteiger charge is 2.28. The second kappa shape index (κ2) is 11.6. The van der Waals surface area contributed by atoms with Gasteiger partial charge >= 0.3 is 0 Å². The predicted octanol–water partition coefficient (Wildman–Crippen LogP) is 3.58. The number of aryl methyl sites for hydroxylation is 1. The van der Waals surface area contributed by atoms with Gasteiger partial charge in [0.2, 0.25) is 5.91 Å². The summed E-state index contributed by atoms with van der Waals surface area (Å²) in [4.78, 5) is 12.8. The third-order valence-electron chi connectivity index (χ3n) is 5.45. The van der Waals surface area contributed by atoms with Crippen LogP contribution in [0.4, 0.5) is 5.69 Å². The molecule has 3 rings (SSSR count). The van der Waals surface area contributed by atoms with Crippen molar-refractivity contribution in [1.29, 1.82) is 0 Å². The number of nitrogens with one attached hydrogen (secondary N) is 1. The maximum absolute atomic E-state index is 13.6. The molecule has 0 saturated carbocycles. The molecule has 9 heteroatoms. The first-order valence-electron chi connectivity index (χ1n) is 11.0. The van der Waals surface area contributed by atoms with Gasteiger partial charge < -0.3 is 19.5 Å². The van der Waals surface area contributed by atoms with Gasteiger partial charge in [0.15, 0.2) is 11.5 Å². The molecule has 0 aromatic heterocycles. The molecule has 0 unspecified atom stereocenters. The van der Waals surface area contributed by atoms with Crippen molar-refractivity contribution >= 4 is 21.6 Å². The molecular formula is C26H30N2O6S. The lowest BCUT2D eigenvalue weighted by Crippen LogP contribution is -2.41. The van der Waals surface area contributed by atoms with E-state index >= 15 is 0 Å². The first-order valence-corrected chi connectivity index (χ1v) is 12.4. The Bertz CT molecular complexity index is 1240. The summed E-state index contributed by atoms with van der Waals surface area (Å²) in [6, 6.07) is 18.8. The van der Waals surface area contributed by atoms with E-state index < -0.39 is 15.9 Å². The first kappa shape index (κ1) is 25.9. The molecule has 186 valence electrons. The summed E-state index contributed by atoms with van der Waals surface area (Å²) in [5.41, 5.74) is 2.39. The van der Waals surface area contributed by atoms with Gasteiger partial charge in [-0.3, -0.25) is 9.10 Å². The van der Waals surface area contributed by atoms with Gasteiger partial charge in [0, 0.05) is 12.6 Å². The lowest BCUT2D eigenvalue weighted by Gasteiger charge is -2.24. The molecule has 0 fully saturated rings. The minimum Gasteiger partial charge on any atom is -0.497 e. The fourth-order valence-electron chi connectivity index (χ4n) is 3.46. The highest BCUT2D eigenvalue weighted by molar-refractivity contribution is 7.92. The summed E-state index contributed by atoms with van der Waals surface area (Å²) in [6.07, 6.45) is 0.600. The summed E-state index contributed by atoms with van der Waals surface area (Å²) in [6.45, 7) is 1.90. The second-order valence-corrected chi connectivity index (χ2v) is 9.67. The summed E-state index contributed by atoms with van der Waals surface area (Å²) in [5, 5.41) is 2.81. The Hall–Kier alpha value is -3.72. The predicted molar refractivity (Wildman–Crippen MR) is 135 cm³/mol. The summed E-state index contributed by atoms with van der Waals surface area (Å²) < 4.78 is 44.0. The number of ether oxygens (including phenoxy) is 3. The molecule has 0 saturated heterocycles. The number of benzene rings is 3. The van der Waals surface area contributed by atoms with Crippen LogP contribution >= 0.6 is 0 Å². The van der Waals surface area contributed by atoms with E-state index in [-0.39, 0.29) is 17.2 Å². The van der Waals surface area contributed by atoms with Gasteiger partial charge in [-0.15, -0.1) is 0 Å². The standard InChI is InChI=1S/C26H30N2O6S/c1-19-5-9-21(10-6-19)28(35(30,31)23-13-14-24(33-3)25(17-23)34-4)18-26(29)27-16-15-20-7-11-22(32-2)12-8-20/h5-14,17H,15-16,18H2,1-4H3,(H,27,29). The fraction of sp³-hybridized carbons (Fsp3) is 0.269. The van der Waals surface area contributed by atoms with Gasteiger partial charge in [-0.25, -0.2) is 8.42 Å². The number of sulfonamides is 1. The van der Waals surface area contributed by atoms with Crippen molar-refractivity contribution in [3.05, 3.63) is 77.9 Å². The van der Waals surface area contributed by atoms with Crippen LogP contribution < -0.4 is 23.8 Å². The Morgan fingerprint density at radius 1 is 0.857 bits per heavy atom. The van der Waals surface area contributed by atoms with Crippen LogP contribution in [0.15, 0.2) is 71.6 Å². The average molecular weight is 499 g/mol. The normalized spacial score (nSPS) is 11.0. The monoisotopic (exact) mass is 498 g/mol. The van der Waals surface area contributed by atoms with E-state index in [1.165, 1.54) is 32.4 Å².